The second-order valence-corrected chi connectivity index (χ2v) is 6.25. The molecule has 1 fully saturated rings. The molecular weight excluding hydrogens is 304 g/mol. The third kappa shape index (κ3) is 3.89. The largest absolute Gasteiger partial charge is 0.348 e. The monoisotopic (exact) mass is 326 g/mol. The van der Waals surface area contributed by atoms with E-state index in [0.717, 1.165) is 25.1 Å². The molecule has 0 spiro atoms. The smallest absolute Gasteiger partial charge is 0.271 e. The predicted molar refractivity (Wildman–Crippen MR) is 91.9 cm³/mol. The number of carbonyl (C=O) groups excluding carboxylic acids is 1. The van der Waals surface area contributed by atoms with Gasteiger partial charge in [0.2, 0.25) is 0 Å². The average Bonchev–Trinajstić information content (AvgIpc) is 2.60. The Labute approximate surface area is 140 Å². The van der Waals surface area contributed by atoms with Crippen LogP contribution >= 0.6 is 0 Å². The maximum absolute atomic E-state index is 12.5. The highest BCUT2D eigenvalue weighted by molar-refractivity contribution is 5.92. The van der Waals surface area contributed by atoms with Gasteiger partial charge >= 0.3 is 0 Å². The average molecular weight is 326 g/mol. The molecule has 3 rings (SSSR count). The fourth-order valence-electron chi connectivity index (χ4n) is 2.91. The van der Waals surface area contributed by atoms with Crippen molar-refractivity contribution >= 4 is 5.91 Å². The zero-order valence-electron chi connectivity index (χ0n) is 13.7. The number of rotatable bonds is 4. The van der Waals surface area contributed by atoms with Crippen LogP contribution in [0.5, 0.6) is 0 Å². The first-order valence-corrected chi connectivity index (χ1v) is 8.27. The van der Waals surface area contributed by atoms with Gasteiger partial charge in [-0.1, -0.05) is 37.3 Å². The summed E-state index contributed by atoms with van der Waals surface area (Å²) in [6.45, 7) is 4.26. The highest BCUT2D eigenvalue weighted by Gasteiger charge is 2.23. The minimum Gasteiger partial charge on any atom is -0.348 e. The molecule has 2 N–H and O–H groups in total. The quantitative estimate of drug-likeness (QED) is 0.879. The summed E-state index contributed by atoms with van der Waals surface area (Å²) in [5, 5.41) is 10.6. The lowest BCUT2D eigenvalue weighted by atomic mass is 9.95. The van der Waals surface area contributed by atoms with Crippen molar-refractivity contribution in [2.75, 3.05) is 13.1 Å². The van der Waals surface area contributed by atoms with E-state index >= 15 is 0 Å². The Bertz CT molecular complexity index is 757. The summed E-state index contributed by atoms with van der Waals surface area (Å²) in [7, 11) is 0. The third-order valence-electron chi connectivity index (χ3n) is 4.38. The summed E-state index contributed by atoms with van der Waals surface area (Å²) in [6.07, 6.45) is 0.899. The molecule has 2 unspecified atom stereocenters. The first-order valence-electron chi connectivity index (χ1n) is 8.27. The zero-order chi connectivity index (χ0) is 16.9. The molecule has 6 heteroatoms. The van der Waals surface area contributed by atoms with E-state index in [2.05, 4.69) is 22.7 Å². The molecule has 1 saturated heterocycles. The van der Waals surface area contributed by atoms with Crippen LogP contribution in [0, 0.1) is 5.92 Å². The molecule has 1 amide bonds. The molecule has 0 aliphatic carbocycles. The molecule has 126 valence electrons. The van der Waals surface area contributed by atoms with Crippen molar-refractivity contribution in [2.24, 2.45) is 5.92 Å². The van der Waals surface area contributed by atoms with Gasteiger partial charge in [0, 0.05) is 12.1 Å². The van der Waals surface area contributed by atoms with Crippen LogP contribution in [0.3, 0.4) is 0 Å². The number of carbonyl (C=O) groups is 1. The van der Waals surface area contributed by atoms with E-state index in [9.17, 15) is 9.59 Å². The maximum atomic E-state index is 12.5. The molecule has 0 bridgehead atoms. The second-order valence-electron chi connectivity index (χ2n) is 6.25. The van der Waals surface area contributed by atoms with Crippen LogP contribution in [0.4, 0.5) is 0 Å². The fraction of sp³-hybridized carbons (Fsp3) is 0.389. The first kappa shape index (κ1) is 16.4. The van der Waals surface area contributed by atoms with Crippen molar-refractivity contribution in [3.63, 3.8) is 0 Å². The normalized spacial score (nSPS) is 20.5. The van der Waals surface area contributed by atoms with Crippen molar-refractivity contribution in [1.82, 2.24) is 20.4 Å². The number of piperidine rings is 1. The van der Waals surface area contributed by atoms with Crippen molar-refractivity contribution in [1.29, 1.82) is 0 Å². The molecule has 1 aromatic heterocycles. The van der Waals surface area contributed by atoms with Crippen molar-refractivity contribution < 1.29 is 4.79 Å². The van der Waals surface area contributed by atoms with Gasteiger partial charge in [0.1, 0.15) is 5.69 Å². The summed E-state index contributed by atoms with van der Waals surface area (Å²) in [5.41, 5.74) is 1.03. The standard InChI is InChI=1S/C18H22N4O2/c1-13-11-19-10-9-15(13)20-18(24)16-7-8-17(23)22(21-16)12-14-5-3-2-4-6-14/h2-8,13,15,19H,9-12H2,1H3,(H,20,24). The fourth-order valence-corrected chi connectivity index (χ4v) is 2.91. The van der Waals surface area contributed by atoms with E-state index in [1.807, 2.05) is 30.3 Å². The van der Waals surface area contributed by atoms with E-state index in [-0.39, 0.29) is 23.2 Å². The number of hydrogen-bond donors (Lipinski definition) is 2. The summed E-state index contributed by atoms with van der Waals surface area (Å²) in [6, 6.07) is 12.6. The van der Waals surface area contributed by atoms with Crippen LogP contribution in [0.2, 0.25) is 0 Å². The van der Waals surface area contributed by atoms with Gasteiger partial charge in [-0.05, 0) is 37.1 Å². The van der Waals surface area contributed by atoms with Gasteiger partial charge in [-0.15, -0.1) is 0 Å². The highest BCUT2D eigenvalue weighted by Crippen LogP contribution is 2.11. The van der Waals surface area contributed by atoms with Gasteiger partial charge in [0.15, 0.2) is 0 Å². The van der Waals surface area contributed by atoms with E-state index in [1.165, 1.54) is 16.8 Å². The van der Waals surface area contributed by atoms with Gasteiger partial charge < -0.3 is 10.6 Å². The van der Waals surface area contributed by atoms with E-state index < -0.39 is 0 Å². The molecule has 0 saturated carbocycles. The van der Waals surface area contributed by atoms with Crippen LogP contribution < -0.4 is 16.2 Å². The third-order valence-corrected chi connectivity index (χ3v) is 4.38. The Morgan fingerprint density at radius 3 is 2.83 bits per heavy atom. The summed E-state index contributed by atoms with van der Waals surface area (Å²) in [4.78, 5) is 24.5. The number of hydrogen-bond acceptors (Lipinski definition) is 4. The molecule has 1 aliphatic rings. The molecule has 2 atom stereocenters. The Balaban J connectivity index is 1.75. The van der Waals surface area contributed by atoms with Crippen LogP contribution in [0.1, 0.15) is 29.4 Å². The van der Waals surface area contributed by atoms with Gasteiger partial charge in [-0.25, -0.2) is 4.68 Å². The van der Waals surface area contributed by atoms with Gasteiger partial charge in [-0.2, -0.15) is 5.10 Å². The lowest BCUT2D eigenvalue weighted by molar-refractivity contribution is 0.0906. The minimum absolute atomic E-state index is 0.134. The Morgan fingerprint density at radius 1 is 1.29 bits per heavy atom. The van der Waals surface area contributed by atoms with Crippen molar-refractivity contribution in [2.45, 2.75) is 25.9 Å². The SMILES string of the molecule is CC1CNCCC1NC(=O)c1ccc(=O)n(Cc2ccccc2)n1. The molecule has 1 aromatic carbocycles. The molecule has 24 heavy (non-hydrogen) atoms. The Hall–Kier alpha value is -2.47. The van der Waals surface area contributed by atoms with E-state index in [0.29, 0.717) is 12.5 Å². The number of amides is 1. The van der Waals surface area contributed by atoms with Gasteiger partial charge in [0.25, 0.3) is 11.5 Å². The number of aromatic nitrogens is 2. The summed E-state index contributed by atoms with van der Waals surface area (Å²) >= 11 is 0. The summed E-state index contributed by atoms with van der Waals surface area (Å²) in [5.74, 6) is 0.147. The summed E-state index contributed by atoms with van der Waals surface area (Å²) < 4.78 is 1.33. The topological polar surface area (TPSA) is 76.0 Å². The number of benzene rings is 1. The lowest BCUT2D eigenvalue weighted by Crippen LogP contribution is -2.48. The molecule has 0 radical (unpaired) electrons. The Kier molecular flexibility index (Phi) is 5.05. The molecule has 6 nitrogen and oxygen atoms in total. The zero-order valence-corrected chi connectivity index (χ0v) is 13.7. The number of nitrogens with zero attached hydrogens (tertiary/aromatic N) is 2. The van der Waals surface area contributed by atoms with Crippen molar-refractivity contribution in [3.8, 4) is 0 Å². The minimum atomic E-state index is -0.226. The molecule has 2 aromatic rings. The highest BCUT2D eigenvalue weighted by atomic mass is 16.2. The Morgan fingerprint density at radius 2 is 2.08 bits per heavy atom. The maximum Gasteiger partial charge on any atom is 0.271 e. The van der Waals surface area contributed by atoms with Crippen molar-refractivity contribution in [3.05, 3.63) is 64.1 Å². The molecule has 1 aliphatic heterocycles. The molecule has 2 heterocycles. The van der Waals surface area contributed by atoms with Gasteiger partial charge in [0.05, 0.1) is 6.54 Å². The number of nitrogens with one attached hydrogen (secondary N) is 2. The first-order chi connectivity index (χ1) is 11.6. The van der Waals surface area contributed by atoms with Crippen LogP contribution in [0.25, 0.3) is 0 Å². The van der Waals surface area contributed by atoms with E-state index in [4.69, 9.17) is 0 Å². The predicted octanol–water partition coefficient (Wildman–Crippen LogP) is 1.02. The van der Waals surface area contributed by atoms with Gasteiger partial charge in [-0.3, -0.25) is 9.59 Å². The molecular formula is C18H22N4O2. The van der Waals surface area contributed by atoms with Crippen LogP contribution in [0.15, 0.2) is 47.3 Å². The van der Waals surface area contributed by atoms with Crippen LogP contribution in [-0.2, 0) is 6.54 Å². The van der Waals surface area contributed by atoms with E-state index in [1.54, 1.807) is 0 Å². The second kappa shape index (κ2) is 7.40. The van der Waals surface area contributed by atoms with Crippen LogP contribution in [-0.4, -0.2) is 34.8 Å². The lowest BCUT2D eigenvalue weighted by Gasteiger charge is -2.30.